The first-order chi connectivity index (χ1) is 8.65. The Bertz CT molecular complexity index is 477. The molecule has 0 aromatic carbocycles. The molecule has 1 aromatic heterocycles. The first kappa shape index (κ1) is 13.1. The summed E-state index contributed by atoms with van der Waals surface area (Å²) >= 11 is 8.45. The second-order valence-corrected chi connectivity index (χ2v) is 8.64. The van der Waals surface area contributed by atoms with Crippen molar-refractivity contribution in [1.82, 2.24) is 10.2 Å². The summed E-state index contributed by atoms with van der Waals surface area (Å²) in [4.78, 5) is 14.5. The van der Waals surface area contributed by atoms with Gasteiger partial charge < -0.3 is 10.2 Å². The lowest BCUT2D eigenvalue weighted by atomic mass is 9.93. The molecule has 1 N–H and O–H groups in total. The van der Waals surface area contributed by atoms with Crippen LogP contribution >= 0.6 is 43.2 Å². The number of hydrogen-bond donors (Lipinski definition) is 1. The Morgan fingerprint density at radius 1 is 1.44 bits per heavy atom. The van der Waals surface area contributed by atoms with Gasteiger partial charge in [0.1, 0.15) is 0 Å². The minimum Gasteiger partial charge on any atom is -0.338 e. The van der Waals surface area contributed by atoms with Gasteiger partial charge in [-0.1, -0.05) is 0 Å². The van der Waals surface area contributed by atoms with Crippen LogP contribution in [0.25, 0.3) is 0 Å². The summed E-state index contributed by atoms with van der Waals surface area (Å²) in [6.45, 7) is 2.87. The molecule has 2 aliphatic rings. The predicted octanol–water partition coefficient (Wildman–Crippen LogP) is 3.10. The van der Waals surface area contributed by atoms with Crippen LogP contribution in [0.15, 0.2) is 13.6 Å². The van der Waals surface area contributed by atoms with Crippen molar-refractivity contribution in [1.29, 1.82) is 0 Å². The van der Waals surface area contributed by atoms with Crippen LogP contribution in [-0.4, -0.2) is 36.5 Å². The molecule has 0 radical (unpaired) electrons. The number of carbonyl (C=O) groups excluding carboxylic acids is 1. The molecule has 3 nitrogen and oxygen atoms in total. The first-order valence-electron chi connectivity index (χ1n) is 6.12. The van der Waals surface area contributed by atoms with Gasteiger partial charge >= 0.3 is 0 Å². The maximum absolute atomic E-state index is 12.5. The highest BCUT2D eigenvalue weighted by molar-refractivity contribution is 9.12. The fourth-order valence-electron chi connectivity index (χ4n) is 2.89. The summed E-state index contributed by atoms with van der Waals surface area (Å²) in [5, 5.41) is 3.52. The number of nitrogens with one attached hydrogen (secondary N) is 1. The van der Waals surface area contributed by atoms with E-state index in [1.165, 1.54) is 6.42 Å². The molecule has 0 saturated carbocycles. The SMILES string of the molecule is O=C(c1cc(Br)sc1Br)N1CCC2NCCC2C1. The van der Waals surface area contributed by atoms with E-state index in [1.54, 1.807) is 11.3 Å². The van der Waals surface area contributed by atoms with Crippen molar-refractivity contribution in [2.75, 3.05) is 19.6 Å². The molecule has 1 aromatic rings. The fourth-order valence-corrected chi connectivity index (χ4v) is 5.67. The smallest absolute Gasteiger partial charge is 0.255 e. The predicted molar refractivity (Wildman–Crippen MR) is 80.1 cm³/mol. The van der Waals surface area contributed by atoms with E-state index in [4.69, 9.17) is 0 Å². The normalized spacial score (nSPS) is 27.3. The number of likely N-dealkylation sites (tertiary alicyclic amines) is 1. The van der Waals surface area contributed by atoms with Crippen molar-refractivity contribution in [3.63, 3.8) is 0 Å². The van der Waals surface area contributed by atoms with Gasteiger partial charge in [0.25, 0.3) is 5.91 Å². The number of halogens is 2. The summed E-state index contributed by atoms with van der Waals surface area (Å²) in [6.07, 6.45) is 2.28. The maximum Gasteiger partial charge on any atom is 0.255 e. The van der Waals surface area contributed by atoms with E-state index in [9.17, 15) is 4.79 Å². The number of amides is 1. The van der Waals surface area contributed by atoms with E-state index in [2.05, 4.69) is 37.2 Å². The molecule has 2 unspecified atom stereocenters. The number of carbonyl (C=O) groups is 1. The molecule has 6 heteroatoms. The van der Waals surface area contributed by atoms with E-state index >= 15 is 0 Å². The van der Waals surface area contributed by atoms with E-state index in [-0.39, 0.29) is 5.91 Å². The Morgan fingerprint density at radius 3 is 3.00 bits per heavy atom. The molecule has 1 amide bonds. The number of rotatable bonds is 1. The highest BCUT2D eigenvalue weighted by Gasteiger charge is 2.35. The van der Waals surface area contributed by atoms with E-state index in [0.29, 0.717) is 12.0 Å². The van der Waals surface area contributed by atoms with Crippen molar-refractivity contribution in [3.05, 3.63) is 19.2 Å². The zero-order valence-electron chi connectivity index (χ0n) is 9.79. The Morgan fingerprint density at radius 2 is 2.28 bits per heavy atom. The topological polar surface area (TPSA) is 32.3 Å². The van der Waals surface area contributed by atoms with Gasteiger partial charge in [-0.25, -0.2) is 0 Å². The maximum atomic E-state index is 12.5. The Balaban J connectivity index is 1.75. The minimum atomic E-state index is 0.161. The molecule has 2 aliphatic heterocycles. The monoisotopic (exact) mass is 392 g/mol. The zero-order valence-corrected chi connectivity index (χ0v) is 13.8. The van der Waals surface area contributed by atoms with Gasteiger partial charge in [-0.15, -0.1) is 11.3 Å². The molecule has 3 rings (SSSR count). The first-order valence-corrected chi connectivity index (χ1v) is 8.53. The molecule has 2 atom stereocenters. The van der Waals surface area contributed by atoms with Crippen LogP contribution in [0.4, 0.5) is 0 Å². The highest BCUT2D eigenvalue weighted by atomic mass is 79.9. The Labute approximate surface area is 127 Å². The van der Waals surface area contributed by atoms with Gasteiger partial charge in [0.05, 0.1) is 13.1 Å². The second-order valence-electron chi connectivity index (χ2n) is 4.89. The molecule has 3 heterocycles. The highest BCUT2D eigenvalue weighted by Crippen LogP contribution is 2.34. The summed E-state index contributed by atoms with van der Waals surface area (Å²) in [5.74, 6) is 0.803. The number of piperidine rings is 1. The van der Waals surface area contributed by atoms with E-state index in [1.807, 2.05) is 11.0 Å². The lowest BCUT2D eigenvalue weighted by Crippen LogP contribution is -2.46. The van der Waals surface area contributed by atoms with Gasteiger partial charge in [0.2, 0.25) is 0 Å². The van der Waals surface area contributed by atoms with Crippen molar-refractivity contribution in [2.24, 2.45) is 5.92 Å². The summed E-state index contributed by atoms with van der Waals surface area (Å²) in [5.41, 5.74) is 0.788. The molecule has 2 saturated heterocycles. The quantitative estimate of drug-likeness (QED) is 0.794. The van der Waals surface area contributed by atoms with Crippen LogP contribution in [0.1, 0.15) is 23.2 Å². The molecule has 0 spiro atoms. The van der Waals surface area contributed by atoms with Gasteiger partial charge in [0, 0.05) is 19.1 Å². The van der Waals surface area contributed by atoms with Gasteiger partial charge in [-0.2, -0.15) is 0 Å². The van der Waals surface area contributed by atoms with Gasteiger partial charge in [0.15, 0.2) is 0 Å². The molecule has 0 aliphatic carbocycles. The molecule has 18 heavy (non-hydrogen) atoms. The lowest BCUT2D eigenvalue weighted by molar-refractivity contribution is 0.0661. The van der Waals surface area contributed by atoms with Crippen LogP contribution in [-0.2, 0) is 0 Å². The summed E-state index contributed by atoms with van der Waals surface area (Å²) < 4.78 is 1.92. The van der Waals surface area contributed by atoms with E-state index in [0.717, 1.165) is 39.2 Å². The van der Waals surface area contributed by atoms with Gasteiger partial charge in [-0.05, 0) is 63.2 Å². The van der Waals surface area contributed by atoms with Crippen LogP contribution in [0, 0.1) is 5.92 Å². The van der Waals surface area contributed by atoms with Crippen LogP contribution in [0.3, 0.4) is 0 Å². The Hall–Kier alpha value is 0.0900. The third-order valence-corrected chi connectivity index (χ3v) is 6.17. The molecular weight excluding hydrogens is 380 g/mol. The number of thiophene rings is 1. The third-order valence-electron chi connectivity index (χ3n) is 3.83. The van der Waals surface area contributed by atoms with Crippen molar-refractivity contribution in [2.45, 2.75) is 18.9 Å². The average molecular weight is 394 g/mol. The number of hydrogen-bond acceptors (Lipinski definition) is 3. The van der Waals surface area contributed by atoms with Crippen LogP contribution < -0.4 is 5.32 Å². The minimum absolute atomic E-state index is 0.161. The fraction of sp³-hybridized carbons (Fsp3) is 0.583. The standard InChI is InChI=1S/C12H14Br2N2OS/c13-10-5-8(11(14)18-10)12(17)16-4-2-9-7(6-16)1-3-15-9/h5,7,9,15H,1-4,6H2. The zero-order chi connectivity index (χ0) is 12.7. The number of fused-ring (bicyclic) bond motifs is 1. The third kappa shape index (κ3) is 2.40. The van der Waals surface area contributed by atoms with E-state index < -0.39 is 0 Å². The second kappa shape index (κ2) is 5.23. The average Bonchev–Trinajstić information content (AvgIpc) is 2.93. The molecular formula is C12H14Br2N2OS. The summed E-state index contributed by atoms with van der Waals surface area (Å²) in [7, 11) is 0. The van der Waals surface area contributed by atoms with Crippen LogP contribution in [0.2, 0.25) is 0 Å². The Kier molecular flexibility index (Phi) is 3.80. The molecule has 98 valence electrons. The molecule has 2 fully saturated rings. The number of nitrogens with zero attached hydrogens (tertiary/aromatic N) is 1. The van der Waals surface area contributed by atoms with Crippen molar-refractivity contribution >= 4 is 49.1 Å². The van der Waals surface area contributed by atoms with Crippen LogP contribution in [0.5, 0.6) is 0 Å². The van der Waals surface area contributed by atoms with Gasteiger partial charge in [-0.3, -0.25) is 4.79 Å². The lowest BCUT2D eigenvalue weighted by Gasteiger charge is -2.34. The molecule has 0 bridgehead atoms. The summed E-state index contributed by atoms with van der Waals surface area (Å²) in [6, 6.07) is 2.54. The van der Waals surface area contributed by atoms with Crippen molar-refractivity contribution in [3.8, 4) is 0 Å². The largest absolute Gasteiger partial charge is 0.338 e. The van der Waals surface area contributed by atoms with Crippen molar-refractivity contribution < 1.29 is 4.79 Å².